The highest BCUT2D eigenvalue weighted by molar-refractivity contribution is 5.60. The van der Waals surface area contributed by atoms with Crippen molar-refractivity contribution in [2.75, 3.05) is 36.8 Å². The maximum absolute atomic E-state index is 5.98. The third-order valence-corrected chi connectivity index (χ3v) is 3.80. The Balaban J connectivity index is 2.11. The first kappa shape index (κ1) is 12.2. The molecule has 1 aromatic carbocycles. The lowest BCUT2D eigenvalue weighted by atomic mass is 10.1. The molecule has 1 saturated heterocycles. The minimum Gasteiger partial charge on any atom is -0.398 e. The Kier molecular flexibility index (Phi) is 3.57. The summed E-state index contributed by atoms with van der Waals surface area (Å²) >= 11 is 0. The van der Waals surface area contributed by atoms with Crippen molar-refractivity contribution in [2.45, 2.75) is 26.8 Å². The number of likely N-dealkylation sites (N-methyl/N-ethyl adjacent to an activating group) is 1. The lowest BCUT2D eigenvalue weighted by molar-refractivity contribution is 0.199. The zero-order valence-electron chi connectivity index (χ0n) is 11.1. The molecule has 1 aliphatic heterocycles. The van der Waals surface area contributed by atoms with Gasteiger partial charge in [0.15, 0.2) is 0 Å². The molecule has 0 amide bonds. The Labute approximate surface area is 104 Å². The summed E-state index contributed by atoms with van der Waals surface area (Å²) in [5.41, 5.74) is 9.30. The molecule has 0 aliphatic carbocycles. The lowest BCUT2D eigenvalue weighted by Crippen LogP contribution is -2.51. The molecule has 3 heteroatoms. The SMILES string of the molecule is CCN1CCN(c2ccc(C)c(N)c2)CC1C. The fourth-order valence-electron chi connectivity index (χ4n) is 2.52. The largest absolute Gasteiger partial charge is 0.398 e. The van der Waals surface area contributed by atoms with Crippen LogP contribution in [0.2, 0.25) is 0 Å². The van der Waals surface area contributed by atoms with Crippen molar-refractivity contribution in [3.05, 3.63) is 23.8 Å². The van der Waals surface area contributed by atoms with Gasteiger partial charge in [0.2, 0.25) is 0 Å². The fourth-order valence-corrected chi connectivity index (χ4v) is 2.52. The molecule has 17 heavy (non-hydrogen) atoms. The van der Waals surface area contributed by atoms with Gasteiger partial charge in [-0.05, 0) is 38.1 Å². The van der Waals surface area contributed by atoms with Crippen LogP contribution in [0.15, 0.2) is 18.2 Å². The molecular weight excluding hydrogens is 210 g/mol. The number of hydrogen-bond acceptors (Lipinski definition) is 3. The van der Waals surface area contributed by atoms with Crippen molar-refractivity contribution >= 4 is 11.4 Å². The molecule has 1 atom stereocenters. The van der Waals surface area contributed by atoms with Gasteiger partial charge in [-0.15, -0.1) is 0 Å². The van der Waals surface area contributed by atoms with E-state index in [-0.39, 0.29) is 0 Å². The monoisotopic (exact) mass is 233 g/mol. The van der Waals surface area contributed by atoms with Crippen LogP contribution in [-0.4, -0.2) is 37.1 Å². The zero-order valence-corrected chi connectivity index (χ0v) is 11.1. The summed E-state index contributed by atoms with van der Waals surface area (Å²) in [4.78, 5) is 4.96. The van der Waals surface area contributed by atoms with Gasteiger partial charge in [-0.25, -0.2) is 0 Å². The average Bonchev–Trinajstić information content (AvgIpc) is 2.32. The molecule has 0 spiro atoms. The van der Waals surface area contributed by atoms with Crippen LogP contribution in [0, 0.1) is 6.92 Å². The van der Waals surface area contributed by atoms with Crippen LogP contribution in [-0.2, 0) is 0 Å². The second-order valence-corrected chi connectivity index (χ2v) is 4.96. The summed E-state index contributed by atoms with van der Waals surface area (Å²) < 4.78 is 0. The fraction of sp³-hybridized carbons (Fsp3) is 0.571. The highest BCUT2D eigenvalue weighted by atomic mass is 15.3. The molecule has 1 heterocycles. The zero-order chi connectivity index (χ0) is 12.4. The van der Waals surface area contributed by atoms with Gasteiger partial charge in [0.05, 0.1) is 0 Å². The molecule has 0 saturated carbocycles. The molecule has 0 bridgehead atoms. The van der Waals surface area contributed by atoms with E-state index in [1.54, 1.807) is 0 Å². The van der Waals surface area contributed by atoms with Crippen LogP contribution in [0.1, 0.15) is 19.4 Å². The second-order valence-electron chi connectivity index (χ2n) is 4.96. The Morgan fingerprint density at radius 2 is 2.12 bits per heavy atom. The van der Waals surface area contributed by atoms with Crippen molar-refractivity contribution in [2.24, 2.45) is 0 Å². The van der Waals surface area contributed by atoms with Crippen LogP contribution in [0.25, 0.3) is 0 Å². The molecule has 0 aromatic heterocycles. The lowest BCUT2D eigenvalue weighted by Gasteiger charge is -2.40. The number of nitrogens with two attached hydrogens (primary N) is 1. The Hall–Kier alpha value is -1.22. The maximum Gasteiger partial charge on any atom is 0.0388 e. The minimum absolute atomic E-state index is 0.622. The van der Waals surface area contributed by atoms with E-state index in [4.69, 9.17) is 5.73 Å². The summed E-state index contributed by atoms with van der Waals surface area (Å²) in [5.74, 6) is 0. The Morgan fingerprint density at radius 1 is 1.35 bits per heavy atom. The van der Waals surface area contributed by atoms with Crippen LogP contribution in [0.3, 0.4) is 0 Å². The standard InChI is InChI=1S/C14H23N3/c1-4-16-7-8-17(10-12(16)3)13-6-5-11(2)14(15)9-13/h5-6,9,12H,4,7-8,10,15H2,1-3H3. The molecule has 1 unspecified atom stereocenters. The highest BCUT2D eigenvalue weighted by Crippen LogP contribution is 2.23. The van der Waals surface area contributed by atoms with Crippen molar-refractivity contribution in [3.8, 4) is 0 Å². The minimum atomic E-state index is 0.622. The van der Waals surface area contributed by atoms with E-state index in [0.29, 0.717) is 6.04 Å². The third kappa shape index (κ3) is 2.55. The second kappa shape index (κ2) is 4.96. The van der Waals surface area contributed by atoms with Crippen molar-refractivity contribution in [3.63, 3.8) is 0 Å². The third-order valence-electron chi connectivity index (χ3n) is 3.80. The molecular formula is C14H23N3. The van der Waals surface area contributed by atoms with E-state index in [1.165, 1.54) is 5.69 Å². The summed E-state index contributed by atoms with van der Waals surface area (Å²) in [6.45, 7) is 11.1. The van der Waals surface area contributed by atoms with E-state index in [0.717, 1.165) is 37.4 Å². The molecule has 1 fully saturated rings. The number of nitrogen functional groups attached to an aromatic ring is 1. The highest BCUT2D eigenvalue weighted by Gasteiger charge is 2.22. The molecule has 94 valence electrons. The van der Waals surface area contributed by atoms with Gasteiger partial charge in [-0.1, -0.05) is 13.0 Å². The van der Waals surface area contributed by atoms with Gasteiger partial charge in [-0.2, -0.15) is 0 Å². The number of hydrogen-bond donors (Lipinski definition) is 1. The van der Waals surface area contributed by atoms with E-state index in [1.807, 2.05) is 0 Å². The Bertz CT molecular complexity index is 389. The van der Waals surface area contributed by atoms with Gasteiger partial charge in [0, 0.05) is 37.1 Å². The molecule has 2 N–H and O–H groups in total. The predicted molar refractivity (Wildman–Crippen MR) is 74.5 cm³/mol. The first-order valence-electron chi connectivity index (χ1n) is 6.47. The molecule has 0 radical (unpaired) electrons. The molecule has 1 aromatic rings. The van der Waals surface area contributed by atoms with Gasteiger partial charge in [0.1, 0.15) is 0 Å². The molecule has 1 aliphatic rings. The number of anilines is 2. The van der Waals surface area contributed by atoms with Crippen LogP contribution in [0.5, 0.6) is 0 Å². The number of piperazine rings is 1. The number of benzene rings is 1. The Morgan fingerprint density at radius 3 is 2.71 bits per heavy atom. The van der Waals surface area contributed by atoms with E-state index in [9.17, 15) is 0 Å². The summed E-state index contributed by atoms with van der Waals surface area (Å²) in [6.07, 6.45) is 0. The summed E-state index contributed by atoms with van der Waals surface area (Å²) in [7, 11) is 0. The van der Waals surface area contributed by atoms with Crippen LogP contribution in [0.4, 0.5) is 11.4 Å². The van der Waals surface area contributed by atoms with E-state index < -0.39 is 0 Å². The molecule has 3 nitrogen and oxygen atoms in total. The normalized spacial score (nSPS) is 21.8. The average molecular weight is 233 g/mol. The van der Waals surface area contributed by atoms with Crippen LogP contribution < -0.4 is 10.6 Å². The van der Waals surface area contributed by atoms with E-state index in [2.05, 4.69) is 48.8 Å². The first-order valence-corrected chi connectivity index (χ1v) is 6.47. The first-order chi connectivity index (χ1) is 8.11. The van der Waals surface area contributed by atoms with Gasteiger partial charge in [0.25, 0.3) is 0 Å². The number of nitrogens with zero attached hydrogens (tertiary/aromatic N) is 2. The number of rotatable bonds is 2. The van der Waals surface area contributed by atoms with Crippen molar-refractivity contribution in [1.29, 1.82) is 0 Å². The van der Waals surface area contributed by atoms with E-state index >= 15 is 0 Å². The van der Waals surface area contributed by atoms with Gasteiger partial charge >= 0.3 is 0 Å². The maximum atomic E-state index is 5.98. The topological polar surface area (TPSA) is 32.5 Å². The van der Waals surface area contributed by atoms with Crippen molar-refractivity contribution in [1.82, 2.24) is 4.90 Å². The smallest absolute Gasteiger partial charge is 0.0388 e. The summed E-state index contributed by atoms with van der Waals surface area (Å²) in [6, 6.07) is 7.02. The summed E-state index contributed by atoms with van der Waals surface area (Å²) in [5, 5.41) is 0. The van der Waals surface area contributed by atoms with Crippen molar-refractivity contribution < 1.29 is 0 Å². The molecule has 2 rings (SSSR count). The van der Waals surface area contributed by atoms with Crippen LogP contribution >= 0.6 is 0 Å². The number of aryl methyl sites for hydroxylation is 1. The van der Waals surface area contributed by atoms with Gasteiger partial charge < -0.3 is 10.6 Å². The quantitative estimate of drug-likeness (QED) is 0.794. The van der Waals surface area contributed by atoms with Gasteiger partial charge in [-0.3, -0.25) is 4.90 Å². The predicted octanol–water partition coefficient (Wildman–Crippen LogP) is 2.11.